The zero-order chi connectivity index (χ0) is 9.68. The van der Waals surface area contributed by atoms with Crippen LogP contribution >= 0.6 is 23.2 Å². The molecule has 0 aliphatic rings. The number of halogens is 2. The molecule has 0 spiro atoms. The average molecular weight is 217 g/mol. The van der Waals surface area contributed by atoms with E-state index in [9.17, 15) is 0 Å². The molecule has 0 aromatic heterocycles. The summed E-state index contributed by atoms with van der Waals surface area (Å²) < 4.78 is 0. The number of aryl methyl sites for hydroxylation is 2. The van der Waals surface area contributed by atoms with Crippen molar-refractivity contribution in [2.24, 2.45) is 0 Å². The van der Waals surface area contributed by atoms with E-state index in [1.165, 1.54) is 11.1 Å². The van der Waals surface area contributed by atoms with E-state index >= 15 is 0 Å². The quantitative estimate of drug-likeness (QED) is 0.666. The Labute approximate surface area is 89.9 Å². The fourth-order valence-electron chi connectivity index (χ4n) is 1.33. The first-order valence-corrected chi connectivity index (χ1v) is 5.52. The zero-order valence-electron chi connectivity index (χ0n) is 7.82. The molecule has 1 aromatic carbocycles. The molecule has 2 heteroatoms. The molecule has 13 heavy (non-hydrogen) atoms. The van der Waals surface area contributed by atoms with Crippen LogP contribution in [0.3, 0.4) is 0 Å². The zero-order valence-corrected chi connectivity index (χ0v) is 9.33. The van der Waals surface area contributed by atoms with Gasteiger partial charge in [-0.1, -0.05) is 30.7 Å². The second-order valence-corrected chi connectivity index (χ2v) is 3.86. The van der Waals surface area contributed by atoms with Crippen molar-refractivity contribution in [2.45, 2.75) is 26.2 Å². The molecule has 0 aliphatic carbocycles. The molecule has 0 fully saturated rings. The van der Waals surface area contributed by atoms with Gasteiger partial charge in [-0.05, 0) is 36.5 Å². The van der Waals surface area contributed by atoms with Crippen molar-refractivity contribution >= 4 is 23.2 Å². The second-order valence-electron chi connectivity index (χ2n) is 3.07. The summed E-state index contributed by atoms with van der Waals surface area (Å²) in [4.78, 5) is 0. The third-order valence-electron chi connectivity index (χ3n) is 2.09. The van der Waals surface area contributed by atoms with Crippen molar-refractivity contribution in [3.8, 4) is 0 Å². The van der Waals surface area contributed by atoms with E-state index < -0.39 is 0 Å². The fourth-order valence-corrected chi connectivity index (χ4v) is 1.71. The van der Waals surface area contributed by atoms with Crippen molar-refractivity contribution in [1.29, 1.82) is 0 Å². The summed E-state index contributed by atoms with van der Waals surface area (Å²) in [6.45, 7) is 2.12. The van der Waals surface area contributed by atoms with Gasteiger partial charge in [0, 0.05) is 10.9 Å². The van der Waals surface area contributed by atoms with Crippen molar-refractivity contribution in [1.82, 2.24) is 0 Å². The topological polar surface area (TPSA) is 0 Å². The Bertz CT molecular complexity index is 269. The normalized spacial score (nSPS) is 10.4. The van der Waals surface area contributed by atoms with Crippen molar-refractivity contribution in [2.75, 3.05) is 5.88 Å². The summed E-state index contributed by atoms with van der Waals surface area (Å²) in [6, 6.07) is 6.23. The van der Waals surface area contributed by atoms with Crippen LogP contribution in [-0.2, 0) is 12.8 Å². The first-order chi connectivity index (χ1) is 6.27. The molecule has 0 amide bonds. The Morgan fingerprint density at radius 1 is 1.31 bits per heavy atom. The van der Waals surface area contributed by atoms with Crippen LogP contribution < -0.4 is 0 Å². The summed E-state index contributed by atoms with van der Waals surface area (Å²) >= 11 is 11.6. The molecular formula is C11H14Cl2. The monoisotopic (exact) mass is 216 g/mol. The lowest BCUT2D eigenvalue weighted by Gasteiger charge is -2.04. The average Bonchev–Trinajstić information content (AvgIpc) is 2.16. The van der Waals surface area contributed by atoms with Gasteiger partial charge in [0.25, 0.3) is 0 Å². The van der Waals surface area contributed by atoms with E-state index in [0.29, 0.717) is 0 Å². The number of alkyl halides is 1. The van der Waals surface area contributed by atoms with Crippen LogP contribution in [0.25, 0.3) is 0 Å². The minimum atomic E-state index is 0.726. The minimum Gasteiger partial charge on any atom is -0.127 e. The maximum Gasteiger partial charge on any atom is 0.0438 e. The second kappa shape index (κ2) is 5.51. The number of hydrogen-bond donors (Lipinski definition) is 0. The van der Waals surface area contributed by atoms with E-state index in [4.69, 9.17) is 23.2 Å². The molecule has 72 valence electrons. The molecular weight excluding hydrogens is 203 g/mol. The van der Waals surface area contributed by atoms with Gasteiger partial charge >= 0.3 is 0 Å². The van der Waals surface area contributed by atoms with Gasteiger partial charge in [0.2, 0.25) is 0 Å². The van der Waals surface area contributed by atoms with Gasteiger partial charge in [-0.2, -0.15) is 0 Å². The highest BCUT2D eigenvalue weighted by atomic mass is 35.5. The molecule has 0 atom stereocenters. The number of rotatable bonds is 4. The minimum absolute atomic E-state index is 0.726. The first kappa shape index (κ1) is 10.9. The third kappa shape index (κ3) is 3.21. The first-order valence-electron chi connectivity index (χ1n) is 4.61. The van der Waals surface area contributed by atoms with Gasteiger partial charge in [-0.25, -0.2) is 0 Å². The number of benzene rings is 1. The molecule has 0 heterocycles. The van der Waals surface area contributed by atoms with Crippen LogP contribution in [0.5, 0.6) is 0 Å². The van der Waals surface area contributed by atoms with Crippen molar-refractivity contribution < 1.29 is 0 Å². The molecule has 0 saturated heterocycles. The summed E-state index contributed by atoms with van der Waals surface area (Å²) in [5, 5.41) is 0.872. The molecule has 0 nitrogen and oxygen atoms in total. The van der Waals surface area contributed by atoms with Crippen LogP contribution in [0.2, 0.25) is 5.02 Å². The maximum atomic E-state index is 6.00. The Morgan fingerprint density at radius 2 is 2.08 bits per heavy atom. The molecule has 0 N–H and O–H groups in total. The van der Waals surface area contributed by atoms with E-state index in [2.05, 4.69) is 19.1 Å². The van der Waals surface area contributed by atoms with E-state index in [-0.39, 0.29) is 0 Å². The molecule has 0 unspecified atom stereocenters. The summed E-state index contributed by atoms with van der Waals surface area (Å²) in [7, 11) is 0. The Morgan fingerprint density at radius 3 is 2.69 bits per heavy atom. The van der Waals surface area contributed by atoms with Gasteiger partial charge in [0.1, 0.15) is 0 Å². The van der Waals surface area contributed by atoms with E-state index in [1.807, 2.05) is 6.07 Å². The maximum absolute atomic E-state index is 6.00. The highest BCUT2D eigenvalue weighted by molar-refractivity contribution is 6.31. The lowest BCUT2D eigenvalue weighted by Crippen LogP contribution is -1.89. The van der Waals surface area contributed by atoms with Crippen molar-refractivity contribution in [3.05, 3.63) is 34.3 Å². The molecule has 0 bridgehead atoms. The van der Waals surface area contributed by atoms with Crippen LogP contribution in [-0.4, -0.2) is 5.88 Å². The summed E-state index contributed by atoms with van der Waals surface area (Å²) in [5.74, 6) is 0.726. The van der Waals surface area contributed by atoms with Crippen LogP contribution in [0.15, 0.2) is 18.2 Å². The van der Waals surface area contributed by atoms with E-state index in [1.54, 1.807) is 0 Å². The lowest BCUT2D eigenvalue weighted by molar-refractivity contribution is 0.924. The molecule has 0 aliphatic heterocycles. The predicted octanol–water partition coefficient (Wildman–Crippen LogP) is 4.07. The standard InChI is InChI=1S/C11H14Cl2/c1-2-10-8-9(4-3-7-12)5-6-11(10)13/h5-6,8H,2-4,7H2,1H3. The molecule has 1 aromatic rings. The van der Waals surface area contributed by atoms with Gasteiger partial charge in [0.15, 0.2) is 0 Å². The lowest BCUT2D eigenvalue weighted by atomic mass is 10.1. The third-order valence-corrected chi connectivity index (χ3v) is 2.73. The van der Waals surface area contributed by atoms with Gasteiger partial charge < -0.3 is 0 Å². The molecule has 0 saturated carbocycles. The Hall–Kier alpha value is -0.200. The summed E-state index contributed by atoms with van der Waals surface area (Å²) in [6.07, 6.45) is 3.08. The molecule has 0 radical (unpaired) electrons. The van der Waals surface area contributed by atoms with Crippen LogP contribution in [0.4, 0.5) is 0 Å². The van der Waals surface area contributed by atoms with Gasteiger partial charge in [-0.15, -0.1) is 11.6 Å². The molecule has 1 rings (SSSR count). The number of hydrogen-bond acceptors (Lipinski definition) is 0. The predicted molar refractivity (Wildman–Crippen MR) is 59.9 cm³/mol. The fraction of sp³-hybridized carbons (Fsp3) is 0.455. The van der Waals surface area contributed by atoms with Gasteiger partial charge in [-0.3, -0.25) is 0 Å². The highest BCUT2D eigenvalue weighted by Crippen LogP contribution is 2.18. The van der Waals surface area contributed by atoms with Crippen molar-refractivity contribution in [3.63, 3.8) is 0 Å². The van der Waals surface area contributed by atoms with Crippen LogP contribution in [0.1, 0.15) is 24.5 Å². The summed E-state index contributed by atoms with van der Waals surface area (Å²) in [5.41, 5.74) is 2.57. The Balaban J connectivity index is 2.74. The van der Waals surface area contributed by atoms with E-state index in [0.717, 1.165) is 30.2 Å². The largest absolute Gasteiger partial charge is 0.127 e. The van der Waals surface area contributed by atoms with Crippen LogP contribution in [0, 0.1) is 0 Å². The SMILES string of the molecule is CCc1cc(CCCCl)ccc1Cl. The smallest absolute Gasteiger partial charge is 0.0438 e. The van der Waals surface area contributed by atoms with Gasteiger partial charge in [0.05, 0.1) is 0 Å². The highest BCUT2D eigenvalue weighted by Gasteiger charge is 1.99. The Kier molecular flexibility index (Phi) is 4.61.